The summed E-state index contributed by atoms with van der Waals surface area (Å²) >= 11 is 11.7. The summed E-state index contributed by atoms with van der Waals surface area (Å²) < 4.78 is 0. The predicted octanol–water partition coefficient (Wildman–Crippen LogP) is 4.39. The van der Waals surface area contributed by atoms with E-state index in [2.05, 4.69) is 20.3 Å². The number of amides is 1. The number of hydrogen-bond acceptors (Lipinski definition) is 3. The number of fused-ring (bicyclic) bond motifs is 1. The topological polar surface area (TPSA) is 70.7 Å². The lowest BCUT2D eigenvalue weighted by molar-refractivity contribution is 0.0923. The van der Waals surface area contributed by atoms with E-state index in [1.54, 1.807) is 0 Å². The van der Waals surface area contributed by atoms with Crippen molar-refractivity contribution in [2.45, 2.75) is 19.9 Å². The number of benzene rings is 1. The van der Waals surface area contributed by atoms with E-state index in [4.69, 9.17) is 23.2 Å². The highest BCUT2D eigenvalue weighted by atomic mass is 35.5. The van der Waals surface area contributed by atoms with Gasteiger partial charge in [0.2, 0.25) is 0 Å². The number of para-hydroxylation sites is 2. The number of hydrogen-bond donors (Lipinski definition) is 2. The Labute approximate surface area is 149 Å². The zero-order valence-corrected chi connectivity index (χ0v) is 14.7. The van der Waals surface area contributed by atoms with Gasteiger partial charge in [-0.1, -0.05) is 49.2 Å². The maximum absolute atomic E-state index is 12.5. The predicted molar refractivity (Wildman–Crippen MR) is 95.4 cm³/mol. The molecule has 2 heterocycles. The zero-order chi connectivity index (χ0) is 17.3. The van der Waals surface area contributed by atoms with Crippen molar-refractivity contribution in [3.8, 4) is 0 Å². The molecule has 1 atom stereocenters. The van der Waals surface area contributed by atoms with Crippen molar-refractivity contribution in [1.29, 1.82) is 0 Å². The number of aromatic amines is 1. The first-order valence-corrected chi connectivity index (χ1v) is 8.28. The van der Waals surface area contributed by atoms with Crippen LogP contribution in [0.4, 0.5) is 0 Å². The fraction of sp³-hybridized carbons (Fsp3) is 0.235. The average Bonchev–Trinajstić information content (AvgIpc) is 2.98. The molecule has 3 aromatic rings. The Balaban J connectivity index is 1.88. The highest BCUT2D eigenvalue weighted by Gasteiger charge is 2.23. The van der Waals surface area contributed by atoms with Crippen LogP contribution in [0.15, 0.2) is 36.5 Å². The fourth-order valence-corrected chi connectivity index (χ4v) is 2.71. The van der Waals surface area contributed by atoms with Crippen molar-refractivity contribution in [3.63, 3.8) is 0 Å². The third-order valence-electron chi connectivity index (χ3n) is 3.71. The van der Waals surface area contributed by atoms with E-state index in [9.17, 15) is 4.79 Å². The lowest BCUT2D eigenvalue weighted by Gasteiger charge is -2.20. The molecule has 0 radical (unpaired) electrons. The third kappa shape index (κ3) is 3.37. The smallest absolute Gasteiger partial charge is 0.253 e. The first-order chi connectivity index (χ1) is 11.5. The monoisotopic (exact) mass is 362 g/mol. The first kappa shape index (κ1) is 16.7. The van der Waals surface area contributed by atoms with Gasteiger partial charge in [0.25, 0.3) is 5.91 Å². The second-order valence-corrected chi connectivity index (χ2v) is 6.60. The standard InChI is InChI=1S/C17H16Cl2N4O/c1-9(2)14(16-21-12-5-3-4-6-13(12)22-16)23-17(24)10-7-11(18)15(19)20-8-10/h3-9,14H,1-2H3,(H,21,22)(H,23,24)/t14-/m1/s1. The van der Waals surface area contributed by atoms with E-state index in [1.807, 2.05) is 38.1 Å². The molecule has 2 N–H and O–H groups in total. The second-order valence-electron chi connectivity index (χ2n) is 5.83. The van der Waals surface area contributed by atoms with Crippen LogP contribution in [0.5, 0.6) is 0 Å². The van der Waals surface area contributed by atoms with E-state index >= 15 is 0 Å². The van der Waals surface area contributed by atoms with Crippen LogP contribution in [0.2, 0.25) is 10.2 Å². The van der Waals surface area contributed by atoms with Crippen LogP contribution in [-0.4, -0.2) is 20.9 Å². The number of H-pyrrole nitrogens is 1. The van der Waals surface area contributed by atoms with E-state index in [1.165, 1.54) is 12.3 Å². The maximum atomic E-state index is 12.5. The second kappa shape index (κ2) is 6.79. The van der Waals surface area contributed by atoms with E-state index in [0.717, 1.165) is 11.0 Å². The molecular formula is C17H16Cl2N4O. The number of nitrogens with zero attached hydrogens (tertiary/aromatic N) is 2. The van der Waals surface area contributed by atoms with Crippen LogP contribution in [0.3, 0.4) is 0 Å². The summed E-state index contributed by atoms with van der Waals surface area (Å²) in [6.45, 7) is 4.04. The molecule has 24 heavy (non-hydrogen) atoms. The fourth-order valence-electron chi connectivity index (χ4n) is 2.44. The maximum Gasteiger partial charge on any atom is 0.253 e. The zero-order valence-electron chi connectivity index (χ0n) is 13.2. The summed E-state index contributed by atoms with van der Waals surface area (Å²) in [5.41, 5.74) is 2.15. The van der Waals surface area contributed by atoms with Crippen molar-refractivity contribution >= 4 is 40.1 Å². The van der Waals surface area contributed by atoms with Crippen molar-refractivity contribution in [2.75, 3.05) is 0 Å². The van der Waals surface area contributed by atoms with Gasteiger partial charge in [-0.25, -0.2) is 9.97 Å². The summed E-state index contributed by atoms with van der Waals surface area (Å²) in [6, 6.07) is 8.99. The molecule has 0 aliphatic carbocycles. The molecular weight excluding hydrogens is 347 g/mol. The number of halogens is 2. The number of carbonyl (C=O) groups is 1. The van der Waals surface area contributed by atoms with Gasteiger partial charge in [-0.15, -0.1) is 0 Å². The molecule has 1 aromatic carbocycles. The molecule has 0 unspecified atom stereocenters. The summed E-state index contributed by atoms with van der Waals surface area (Å²) in [6.07, 6.45) is 1.40. The van der Waals surface area contributed by atoms with Crippen molar-refractivity contribution < 1.29 is 4.79 Å². The minimum absolute atomic E-state index is 0.144. The van der Waals surface area contributed by atoms with Crippen molar-refractivity contribution in [2.24, 2.45) is 5.92 Å². The van der Waals surface area contributed by atoms with Gasteiger partial charge in [0.1, 0.15) is 11.0 Å². The van der Waals surface area contributed by atoms with Crippen LogP contribution < -0.4 is 5.32 Å². The Kier molecular flexibility index (Phi) is 4.73. The Morgan fingerprint density at radius 1 is 1.25 bits per heavy atom. The minimum Gasteiger partial charge on any atom is -0.342 e. The summed E-state index contributed by atoms with van der Waals surface area (Å²) in [5.74, 6) is 0.582. The van der Waals surface area contributed by atoms with Gasteiger partial charge >= 0.3 is 0 Å². The van der Waals surface area contributed by atoms with Crippen LogP contribution in [0, 0.1) is 5.92 Å². The summed E-state index contributed by atoms with van der Waals surface area (Å²) in [7, 11) is 0. The highest BCUT2D eigenvalue weighted by molar-refractivity contribution is 6.41. The van der Waals surface area contributed by atoms with Gasteiger partial charge in [-0.2, -0.15) is 0 Å². The molecule has 124 valence electrons. The van der Waals surface area contributed by atoms with Crippen LogP contribution in [-0.2, 0) is 0 Å². The Morgan fingerprint density at radius 2 is 2.00 bits per heavy atom. The quantitative estimate of drug-likeness (QED) is 0.676. The van der Waals surface area contributed by atoms with Crippen LogP contribution >= 0.6 is 23.2 Å². The number of aromatic nitrogens is 3. The van der Waals surface area contributed by atoms with Gasteiger partial charge in [0.15, 0.2) is 0 Å². The Hall–Kier alpha value is -2.11. The van der Waals surface area contributed by atoms with Crippen molar-refractivity contribution in [1.82, 2.24) is 20.3 Å². The molecule has 0 saturated heterocycles. The van der Waals surface area contributed by atoms with Crippen molar-refractivity contribution in [3.05, 3.63) is 58.1 Å². The molecule has 5 nitrogen and oxygen atoms in total. The highest BCUT2D eigenvalue weighted by Crippen LogP contribution is 2.24. The van der Waals surface area contributed by atoms with Gasteiger partial charge in [0, 0.05) is 6.20 Å². The molecule has 0 fully saturated rings. The molecule has 0 aliphatic rings. The van der Waals surface area contributed by atoms with Crippen LogP contribution in [0.1, 0.15) is 36.1 Å². The molecule has 7 heteroatoms. The SMILES string of the molecule is CC(C)[C@@H](NC(=O)c1cnc(Cl)c(Cl)c1)c1nc2ccccc2[nH]1. The number of pyridine rings is 1. The number of imidazole rings is 1. The van der Waals surface area contributed by atoms with Gasteiger partial charge in [0.05, 0.1) is 27.7 Å². The van der Waals surface area contributed by atoms with E-state index in [0.29, 0.717) is 11.4 Å². The van der Waals surface area contributed by atoms with E-state index in [-0.39, 0.29) is 28.0 Å². The molecule has 0 aliphatic heterocycles. The third-order valence-corrected chi connectivity index (χ3v) is 4.40. The molecule has 2 aromatic heterocycles. The molecule has 0 spiro atoms. The molecule has 1 amide bonds. The Bertz CT molecular complexity index is 858. The average molecular weight is 363 g/mol. The molecule has 0 saturated carbocycles. The lowest BCUT2D eigenvalue weighted by Crippen LogP contribution is -2.32. The van der Waals surface area contributed by atoms with E-state index < -0.39 is 0 Å². The van der Waals surface area contributed by atoms with Crippen LogP contribution in [0.25, 0.3) is 11.0 Å². The lowest BCUT2D eigenvalue weighted by atomic mass is 10.0. The summed E-state index contributed by atoms with van der Waals surface area (Å²) in [5, 5.41) is 3.40. The number of rotatable bonds is 4. The first-order valence-electron chi connectivity index (χ1n) is 7.52. The van der Waals surface area contributed by atoms with Gasteiger partial charge in [-0.3, -0.25) is 4.79 Å². The minimum atomic E-state index is -0.278. The Morgan fingerprint density at radius 3 is 2.67 bits per heavy atom. The molecule has 3 rings (SSSR count). The largest absolute Gasteiger partial charge is 0.342 e. The number of carbonyl (C=O) groups excluding carboxylic acids is 1. The normalized spacial score (nSPS) is 12.5. The summed E-state index contributed by atoms with van der Waals surface area (Å²) in [4.78, 5) is 24.3. The number of nitrogens with one attached hydrogen (secondary N) is 2. The van der Waals surface area contributed by atoms with Gasteiger partial charge in [-0.05, 0) is 24.1 Å². The molecule has 0 bridgehead atoms. The van der Waals surface area contributed by atoms with Gasteiger partial charge < -0.3 is 10.3 Å².